The molecule has 0 fully saturated rings. The molecule has 0 atom stereocenters. The third-order valence-corrected chi connectivity index (χ3v) is 6.09. The van der Waals surface area contributed by atoms with Crippen LogP contribution in [-0.2, 0) is 0 Å². The van der Waals surface area contributed by atoms with Crippen LogP contribution in [-0.4, -0.2) is 33.0 Å². The number of carbonyl (C=O) groups is 2. The molecule has 0 aliphatic rings. The van der Waals surface area contributed by atoms with E-state index in [1.165, 1.54) is 23.5 Å². The summed E-state index contributed by atoms with van der Waals surface area (Å²) in [6.07, 6.45) is 0. The van der Waals surface area contributed by atoms with Gasteiger partial charge >= 0.3 is 0 Å². The van der Waals surface area contributed by atoms with Crippen molar-refractivity contribution in [2.24, 2.45) is 0 Å². The molecule has 0 radical (unpaired) electrons. The number of halogens is 2. The van der Waals surface area contributed by atoms with E-state index in [2.05, 4.69) is 9.97 Å². The molecule has 0 amide bonds. The Bertz CT molecular complexity index is 946. The Morgan fingerprint density at radius 1 is 0.793 bits per heavy atom. The number of hydrogen-bond acceptors (Lipinski definition) is 6. The minimum atomic E-state index is -0.0242. The third kappa shape index (κ3) is 6.57. The SMILES string of the molecule is Cc1cc(SCC(=O)c2ccc(Cl)cc2)nc(SCC(=O)c2ccc(Cl)cc2)n1. The highest BCUT2D eigenvalue weighted by Crippen LogP contribution is 2.23. The van der Waals surface area contributed by atoms with Gasteiger partial charge in [0, 0.05) is 26.9 Å². The normalized spacial score (nSPS) is 10.7. The largest absolute Gasteiger partial charge is 0.293 e. The van der Waals surface area contributed by atoms with Crippen LogP contribution in [0.25, 0.3) is 0 Å². The van der Waals surface area contributed by atoms with Gasteiger partial charge in [-0.1, -0.05) is 46.7 Å². The van der Waals surface area contributed by atoms with E-state index in [1.807, 2.05) is 13.0 Å². The number of hydrogen-bond donors (Lipinski definition) is 0. The summed E-state index contributed by atoms with van der Waals surface area (Å²) in [6, 6.07) is 15.4. The molecule has 2 aromatic carbocycles. The summed E-state index contributed by atoms with van der Waals surface area (Å²) in [7, 11) is 0. The average Bonchev–Trinajstić information content (AvgIpc) is 2.71. The first-order valence-electron chi connectivity index (χ1n) is 8.59. The quantitative estimate of drug-likeness (QED) is 0.176. The van der Waals surface area contributed by atoms with Crippen molar-refractivity contribution in [2.75, 3.05) is 11.5 Å². The highest BCUT2D eigenvalue weighted by molar-refractivity contribution is 8.00. The van der Waals surface area contributed by atoms with Crippen LogP contribution in [0.1, 0.15) is 26.4 Å². The summed E-state index contributed by atoms with van der Waals surface area (Å²) in [5, 5.41) is 2.39. The van der Waals surface area contributed by atoms with Gasteiger partial charge in [0.1, 0.15) is 5.03 Å². The maximum absolute atomic E-state index is 12.3. The van der Waals surface area contributed by atoms with Gasteiger partial charge in [-0.05, 0) is 61.5 Å². The lowest BCUT2D eigenvalue weighted by Crippen LogP contribution is -2.04. The maximum Gasteiger partial charge on any atom is 0.189 e. The van der Waals surface area contributed by atoms with E-state index in [-0.39, 0.29) is 23.1 Å². The van der Waals surface area contributed by atoms with E-state index >= 15 is 0 Å². The molecular weight excluding hydrogens is 447 g/mol. The van der Waals surface area contributed by atoms with Gasteiger partial charge in [-0.25, -0.2) is 9.97 Å². The third-order valence-electron chi connectivity index (χ3n) is 3.83. The van der Waals surface area contributed by atoms with E-state index in [0.717, 1.165) is 5.69 Å². The van der Waals surface area contributed by atoms with Gasteiger partial charge in [0.15, 0.2) is 16.7 Å². The second-order valence-corrected chi connectivity index (χ2v) is 8.88. The second-order valence-electron chi connectivity index (χ2n) is 6.07. The Morgan fingerprint density at radius 3 is 1.79 bits per heavy atom. The molecule has 0 saturated heterocycles. The monoisotopic (exact) mass is 462 g/mol. The molecule has 1 heterocycles. The van der Waals surface area contributed by atoms with Crippen molar-refractivity contribution < 1.29 is 9.59 Å². The fourth-order valence-corrected chi connectivity index (χ4v) is 4.32. The second kappa shape index (κ2) is 10.3. The van der Waals surface area contributed by atoms with E-state index in [0.29, 0.717) is 31.4 Å². The van der Waals surface area contributed by atoms with Gasteiger partial charge in [0.25, 0.3) is 0 Å². The van der Waals surface area contributed by atoms with Gasteiger partial charge in [-0.3, -0.25) is 9.59 Å². The van der Waals surface area contributed by atoms with Crippen LogP contribution >= 0.6 is 46.7 Å². The number of thioether (sulfide) groups is 2. The molecule has 29 heavy (non-hydrogen) atoms. The van der Waals surface area contributed by atoms with Crippen molar-refractivity contribution in [1.82, 2.24) is 9.97 Å². The van der Waals surface area contributed by atoms with Gasteiger partial charge in [-0.2, -0.15) is 0 Å². The number of nitrogens with zero attached hydrogens (tertiary/aromatic N) is 2. The van der Waals surface area contributed by atoms with Crippen molar-refractivity contribution in [3.05, 3.63) is 81.5 Å². The predicted molar refractivity (Wildman–Crippen MR) is 120 cm³/mol. The molecule has 4 nitrogen and oxygen atoms in total. The molecular formula is C21H16Cl2N2O2S2. The predicted octanol–water partition coefficient (Wildman–Crippen LogP) is 6.04. The Balaban J connectivity index is 1.60. The van der Waals surface area contributed by atoms with Gasteiger partial charge in [0.2, 0.25) is 0 Å². The molecule has 148 valence electrons. The van der Waals surface area contributed by atoms with E-state index < -0.39 is 0 Å². The van der Waals surface area contributed by atoms with Gasteiger partial charge in [-0.15, -0.1) is 0 Å². The first-order valence-corrected chi connectivity index (χ1v) is 11.3. The van der Waals surface area contributed by atoms with E-state index in [4.69, 9.17) is 23.2 Å². The van der Waals surface area contributed by atoms with Gasteiger partial charge < -0.3 is 0 Å². The standard InChI is InChI=1S/C21H16Cl2N2O2S2/c1-13-10-20(28-11-18(26)14-2-6-16(22)7-3-14)25-21(24-13)29-12-19(27)15-4-8-17(23)9-5-15/h2-10H,11-12H2,1H3. The van der Waals surface area contributed by atoms with Crippen LogP contribution < -0.4 is 0 Å². The molecule has 0 spiro atoms. The Kier molecular flexibility index (Phi) is 7.72. The molecule has 0 saturated carbocycles. The zero-order valence-electron chi connectivity index (χ0n) is 15.4. The summed E-state index contributed by atoms with van der Waals surface area (Å²) >= 11 is 14.3. The minimum absolute atomic E-state index is 0.00458. The van der Waals surface area contributed by atoms with Crippen molar-refractivity contribution >= 4 is 58.3 Å². The number of rotatable bonds is 8. The lowest BCUT2D eigenvalue weighted by molar-refractivity contribution is 0.101. The molecule has 0 N–H and O–H groups in total. The van der Waals surface area contributed by atoms with Crippen LogP contribution in [0.15, 0.2) is 64.8 Å². The number of aryl methyl sites for hydroxylation is 1. The van der Waals surface area contributed by atoms with Crippen LogP contribution in [0.3, 0.4) is 0 Å². The van der Waals surface area contributed by atoms with Crippen molar-refractivity contribution in [1.29, 1.82) is 0 Å². The highest BCUT2D eigenvalue weighted by Gasteiger charge is 2.12. The number of aromatic nitrogens is 2. The topological polar surface area (TPSA) is 59.9 Å². The zero-order chi connectivity index (χ0) is 20.8. The molecule has 8 heteroatoms. The zero-order valence-corrected chi connectivity index (χ0v) is 18.5. The number of benzene rings is 2. The van der Waals surface area contributed by atoms with Crippen LogP contribution in [0.5, 0.6) is 0 Å². The molecule has 0 unspecified atom stereocenters. The van der Waals surface area contributed by atoms with Crippen molar-refractivity contribution in [3.8, 4) is 0 Å². The van der Waals surface area contributed by atoms with Crippen molar-refractivity contribution in [3.63, 3.8) is 0 Å². The fraction of sp³-hybridized carbons (Fsp3) is 0.143. The smallest absolute Gasteiger partial charge is 0.189 e. The maximum atomic E-state index is 12.3. The Hall–Kier alpha value is -1.86. The molecule has 0 aliphatic heterocycles. The Morgan fingerprint density at radius 2 is 1.28 bits per heavy atom. The average molecular weight is 463 g/mol. The molecule has 3 rings (SSSR count). The molecule has 0 aliphatic carbocycles. The first-order chi connectivity index (χ1) is 13.9. The van der Waals surface area contributed by atoms with E-state index in [1.54, 1.807) is 48.5 Å². The molecule has 1 aromatic heterocycles. The Labute approximate surface area is 187 Å². The number of Topliss-reactive ketones (excluding diaryl/α,β-unsaturated/α-hetero) is 2. The summed E-state index contributed by atoms with van der Waals surface area (Å²) < 4.78 is 0. The first kappa shape index (κ1) is 21.8. The van der Waals surface area contributed by atoms with Crippen LogP contribution in [0, 0.1) is 6.92 Å². The van der Waals surface area contributed by atoms with Crippen molar-refractivity contribution in [2.45, 2.75) is 17.1 Å². The number of carbonyl (C=O) groups excluding carboxylic acids is 2. The summed E-state index contributed by atoms with van der Waals surface area (Å²) in [5.41, 5.74) is 1.98. The summed E-state index contributed by atoms with van der Waals surface area (Å²) in [5.74, 6) is 0.448. The van der Waals surface area contributed by atoms with Crippen LogP contribution in [0.4, 0.5) is 0 Å². The summed E-state index contributed by atoms with van der Waals surface area (Å²) in [6.45, 7) is 1.86. The summed E-state index contributed by atoms with van der Waals surface area (Å²) in [4.78, 5) is 33.5. The fourth-order valence-electron chi connectivity index (χ4n) is 2.36. The highest BCUT2D eigenvalue weighted by atomic mass is 35.5. The minimum Gasteiger partial charge on any atom is -0.293 e. The van der Waals surface area contributed by atoms with Crippen LogP contribution in [0.2, 0.25) is 10.0 Å². The molecule has 3 aromatic rings. The van der Waals surface area contributed by atoms with E-state index in [9.17, 15) is 9.59 Å². The lowest BCUT2D eigenvalue weighted by Gasteiger charge is -2.06. The number of ketones is 2. The lowest BCUT2D eigenvalue weighted by atomic mass is 10.1. The molecule has 0 bridgehead atoms. The van der Waals surface area contributed by atoms with Gasteiger partial charge in [0.05, 0.1) is 11.5 Å².